The minimum Gasteiger partial charge on any atom is -0.444 e. The Morgan fingerprint density at radius 3 is 2.60 bits per heavy atom. The van der Waals surface area contributed by atoms with Crippen LogP contribution in [0.4, 0.5) is 15.6 Å². The van der Waals surface area contributed by atoms with Crippen LogP contribution in [-0.4, -0.2) is 72.6 Å². The number of nitrogens with one attached hydrogen (secondary N) is 1. The molecule has 12 nitrogen and oxygen atoms in total. The number of carbonyl (C=O) groups is 1. The van der Waals surface area contributed by atoms with E-state index in [1.807, 2.05) is 43.9 Å². The SMILES string of the molecule is C[C@@H](C#N)Nc1cc(-c2ccc3cc(C#N)cnn23)ncc1-c1nnc(N2CC3CCC(C2)N3C(=O)OC(C)(C)C)s1. The van der Waals surface area contributed by atoms with Crippen LogP contribution in [0.2, 0.25) is 0 Å². The van der Waals surface area contributed by atoms with Crippen LogP contribution in [0.15, 0.2) is 36.7 Å². The standard InChI is InChI=1S/C29H30N10O2S/c1-17(11-30)34-23-10-24(25-8-7-19-9-18(12-31)13-33-39(19)25)32-14-22(23)26-35-36-27(42-26)37-15-20-5-6-21(16-37)38(20)28(40)41-29(2,3)4/h7-10,13-14,17,20-21H,5-6,15-16H2,1-4H3,(H,32,34)/t17-,20?,21?/m0/s1. The number of nitriles is 2. The Kier molecular flexibility index (Phi) is 6.91. The van der Waals surface area contributed by atoms with Gasteiger partial charge in [-0.15, -0.1) is 10.2 Å². The molecule has 42 heavy (non-hydrogen) atoms. The lowest BCUT2D eigenvalue weighted by atomic mass is 10.1. The van der Waals surface area contributed by atoms with Gasteiger partial charge in [0.25, 0.3) is 0 Å². The normalized spacial score (nSPS) is 18.9. The quantitative estimate of drug-likeness (QED) is 0.351. The Hall–Kier alpha value is -4.75. The molecule has 6 rings (SSSR count). The third-order valence-corrected chi connectivity index (χ3v) is 8.38. The van der Waals surface area contributed by atoms with Gasteiger partial charge < -0.3 is 15.0 Å². The molecule has 1 N–H and O–H groups in total. The number of ether oxygens (including phenoxy) is 1. The van der Waals surface area contributed by atoms with E-state index in [0.29, 0.717) is 35.0 Å². The molecular formula is C29H30N10O2S. The highest BCUT2D eigenvalue weighted by Gasteiger charge is 2.45. The first kappa shape index (κ1) is 27.4. The van der Waals surface area contributed by atoms with Crippen molar-refractivity contribution in [3.63, 3.8) is 0 Å². The van der Waals surface area contributed by atoms with Crippen molar-refractivity contribution >= 4 is 33.8 Å². The summed E-state index contributed by atoms with van der Waals surface area (Å²) in [6.07, 6.45) is 4.86. The molecular weight excluding hydrogens is 552 g/mol. The van der Waals surface area contributed by atoms with Crippen LogP contribution in [0, 0.1) is 22.7 Å². The summed E-state index contributed by atoms with van der Waals surface area (Å²) < 4.78 is 7.40. The van der Waals surface area contributed by atoms with Crippen LogP contribution in [0.1, 0.15) is 46.1 Å². The zero-order valence-corrected chi connectivity index (χ0v) is 24.6. The molecule has 214 valence electrons. The molecule has 2 aliphatic heterocycles. The molecule has 0 radical (unpaired) electrons. The Morgan fingerprint density at radius 1 is 1.14 bits per heavy atom. The topological polar surface area (TPSA) is 148 Å². The summed E-state index contributed by atoms with van der Waals surface area (Å²) in [7, 11) is 0. The van der Waals surface area contributed by atoms with Crippen LogP contribution >= 0.6 is 11.3 Å². The number of aromatic nitrogens is 5. The number of piperazine rings is 1. The van der Waals surface area contributed by atoms with Gasteiger partial charge in [-0.2, -0.15) is 15.6 Å². The van der Waals surface area contributed by atoms with Gasteiger partial charge in [0, 0.05) is 25.0 Å². The van der Waals surface area contributed by atoms with Crippen LogP contribution in [0.3, 0.4) is 0 Å². The summed E-state index contributed by atoms with van der Waals surface area (Å²) in [6.45, 7) is 8.78. The monoisotopic (exact) mass is 582 g/mol. The molecule has 0 spiro atoms. The van der Waals surface area contributed by atoms with Gasteiger partial charge in [0.2, 0.25) is 5.13 Å². The van der Waals surface area contributed by atoms with Crippen molar-refractivity contribution in [2.24, 2.45) is 0 Å². The highest BCUT2D eigenvalue weighted by atomic mass is 32.1. The summed E-state index contributed by atoms with van der Waals surface area (Å²) in [5.41, 5.74) is 3.58. The number of amides is 1. The van der Waals surface area contributed by atoms with Gasteiger partial charge in [0.05, 0.1) is 52.4 Å². The molecule has 0 aromatic carbocycles. The number of carbonyl (C=O) groups excluding carboxylic acids is 1. The van der Waals surface area contributed by atoms with E-state index in [0.717, 1.165) is 34.7 Å². The summed E-state index contributed by atoms with van der Waals surface area (Å²) in [5, 5.41) is 36.9. The van der Waals surface area contributed by atoms with Gasteiger partial charge in [-0.25, -0.2) is 9.31 Å². The van der Waals surface area contributed by atoms with Crippen LogP contribution in [0.25, 0.3) is 27.5 Å². The Labute approximate surface area is 247 Å². The number of rotatable bonds is 5. The maximum atomic E-state index is 12.9. The fourth-order valence-electron chi connectivity index (χ4n) is 5.53. The van der Waals surface area contributed by atoms with E-state index in [1.54, 1.807) is 23.7 Å². The Balaban J connectivity index is 1.27. The predicted octanol–water partition coefficient (Wildman–Crippen LogP) is 4.70. The van der Waals surface area contributed by atoms with E-state index in [2.05, 4.69) is 37.7 Å². The molecule has 2 fully saturated rings. The molecule has 2 bridgehead atoms. The second-order valence-electron chi connectivity index (χ2n) is 11.6. The van der Waals surface area contributed by atoms with E-state index in [1.165, 1.54) is 17.5 Å². The molecule has 2 unspecified atom stereocenters. The zero-order chi connectivity index (χ0) is 29.6. The molecule has 6 heterocycles. The van der Waals surface area contributed by atoms with Gasteiger partial charge in [-0.3, -0.25) is 9.88 Å². The number of hydrogen-bond donors (Lipinski definition) is 1. The van der Waals surface area contributed by atoms with Crippen molar-refractivity contribution < 1.29 is 9.53 Å². The molecule has 2 saturated heterocycles. The highest BCUT2D eigenvalue weighted by molar-refractivity contribution is 7.18. The highest BCUT2D eigenvalue weighted by Crippen LogP contribution is 2.39. The maximum Gasteiger partial charge on any atom is 0.410 e. The second kappa shape index (κ2) is 10.6. The van der Waals surface area contributed by atoms with Crippen molar-refractivity contribution in [2.45, 2.75) is 64.3 Å². The number of anilines is 2. The fraction of sp³-hybridized carbons (Fsp3) is 0.414. The molecule has 13 heteroatoms. The van der Waals surface area contributed by atoms with Crippen molar-refractivity contribution in [3.05, 3.63) is 42.2 Å². The fourth-order valence-corrected chi connectivity index (χ4v) is 6.42. The van der Waals surface area contributed by atoms with Crippen molar-refractivity contribution in [1.29, 1.82) is 10.5 Å². The lowest BCUT2D eigenvalue weighted by Gasteiger charge is -2.41. The number of nitrogens with zero attached hydrogens (tertiary/aromatic N) is 9. The molecule has 0 saturated carbocycles. The van der Waals surface area contributed by atoms with Crippen LogP contribution in [-0.2, 0) is 4.74 Å². The number of hydrogen-bond acceptors (Lipinski definition) is 11. The minimum absolute atomic E-state index is 0.0651. The first-order valence-electron chi connectivity index (χ1n) is 13.8. The average molecular weight is 583 g/mol. The lowest BCUT2D eigenvalue weighted by molar-refractivity contribution is 0.0123. The van der Waals surface area contributed by atoms with Gasteiger partial charge >= 0.3 is 6.09 Å². The molecule has 2 aliphatic rings. The van der Waals surface area contributed by atoms with E-state index in [-0.39, 0.29) is 18.2 Å². The summed E-state index contributed by atoms with van der Waals surface area (Å²) in [6, 6.07) is 11.4. The van der Waals surface area contributed by atoms with Crippen molar-refractivity contribution in [3.8, 4) is 34.1 Å². The lowest BCUT2D eigenvalue weighted by Crippen LogP contribution is -2.56. The third-order valence-electron chi connectivity index (χ3n) is 7.36. The van der Waals surface area contributed by atoms with Crippen molar-refractivity contribution in [2.75, 3.05) is 23.3 Å². The van der Waals surface area contributed by atoms with Gasteiger partial charge in [0.1, 0.15) is 17.7 Å². The van der Waals surface area contributed by atoms with Gasteiger partial charge in [0.15, 0.2) is 5.01 Å². The summed E-state index contributed by atoms with van der Waals surface area (Å²) >= 11 is 1.46. The van der Waals surface area contributed by atoms with E-state index in [4.69, 9.17) is 9.72 Å². The molecule has 3 atom stereocenters. The molecule has 0 aliphatic carbocycles. The average Bonchev–Trinajstić information content (AvgIpc) is 3.68. The van der Waals surface area contributed by atoms with E-state index in [9.17, 15) is 15.3 Å². The summed E-state index contributed by atoms with van der Waals surface area (Å²) in [4.78, 5) is 21.7. The predicted molar refractivity (Wildman–Crippen MR) is 158 cm³/mol. The Bertz CT molecular complexity index is 1730. The van der Waals surface area contributed by atoms with Gasteiger partial charge in [-0.05, 0) is 64.8 Å². The van der Waals surface area contributed by atoms with Crippen molar-refractivity contribution in [1.82, 2.24) is 29.7 Å². The Morgan fingerprint density at radius 2 is 1.90 bits per heavy atom. The first-order valence-corrected chi connectivity index (χ1v) is 14.6. The molecule has 4 aromatic heterocycles. The van der Waals surface area contributed by atoms with E-state index >= 15 is 0 Å². The zero-order valence-electron chi connectivity index (χ0n) is 23.8. The smallest absolute Gasteiger partial charge is 0.410 e. The molecule has 1 amide bonds. The van der Waals surface area contributed by atoms with E-state index < -0.39 is 11.6 Å². The number of fused-ring (bicyclic) bond motifs is 3. The van der Waals surface area contributed by atoms with Crippen LogP contribution < -0.4 is 10.2 Å². The largest absolute Gasteiger partial charge is 0.444 e. The van der Waals surface area contributed by atoms with Crippen LogP contribution in [0.5, 0.6) is 0 Å². The third kappa shape index (κ3) is 5.19. The molecule has 4 aromatic rings. The summed E-state index contributed by atoms with van der Waals surface area (Å²) in [5.74, 6) is 0. The minimum atomic E-state index is -0.535. The second-order valence-corrected chi connectivity index (χ2v) is 12.5. The first-order chi connectivity index (χ1) is 20.1. The van der Waals surface area contributed by atoms with Gasteiger partial charge in [-0.1, -0.05) is 11.3 Å². The maximum absolute atomic E-state index is 12.9. The number of pyridine rings is 1.